The smallest absolute Gasteiger partial charge is 0.323 e. The van der Waals surface area contributed by atoms with Gasteiger partial charge in [0.1, 0.15) is 0 Å². The van der Waals surface area contributed by atoms with Crippen LogP contribution in [0, 0.1) is 0 Å². The van der Waals surface area contributed by atoms with Gasteiger partial charge in [0, 0.05) is 40.4 Å². The summed E-state index contributed by atoms with van der Waals surface area (Å²) in [5.74, 6) is 0. The highest BCUT2D eigenvalue weighted by Crippen LogP contribution is 2.27. The number of hydrogen-bond acceptors (Lipinski definition) is 2. The molecule has 2 heterocycles. The lowest BCUT2D eigenvalue weighted by atomic mass is 10.1. The third-order valence-electron chi connectivity index (χ3n) is 4.50. The van der Waals surface area contributed by atoms with E-state index < -0.39 is 0 Å². The van der Waals surface area contributed by atoms with E-state index in [0.29, 0.717) is 14.8 Å². The van der Waals surface area contributed by atoms with Crippen LogP contribution in [0.4, 0.5) is 4.79 Å². The first-order valence-electron chi connectivity index (χ1n) is 8.67. The molecule has 3 aromatic rings. The lowest BCUT2D eigenvalue weighted by Gasteiger charge is -2.11. The van der Waals surface area contributed by atoms with E-state index in [9.17, 15) is 4.79 Å². The summed E-state index contributed by atoms with van der Waals surface area (Å²) in [5.41, 5.74) is 2.93. The van der Waals surface area contributed by atoms with Gasteiger partial charge in [-0.1, -0.05) is 35.3 Å². The van der Waals surface area contributed by atoms with Gasteiger partial charge in [-0.25, -0.2) is 4.79 Å². The number of aromatic nitrogens is 1. The molecule has 4 rings (SSSR count). The Morgan fingerprint density at radius 2 is 1.63 bits per heavy atom. The van der Waals surface area contributed by atoms with Crippen molar-refractivity contribution in [3.63, 3.8) is 0 Å². The fourth-order valence-electron chi connectivity index (χ4n) is 3.15. The van der Waals surface area contributed by atoms with Gasteiger partial charge in [0.25, 0.3) is 0 Å². The van der Waals surface area contributed by atoms with Gasteiger partial charge in [0.2, 0.25) is 0 Å². The maximum absolute atomic E-state index is 12.3. The summed E-state index contributed by atoms with van der Waals surface area (Å²) in [4.78, 5) is 19.1. The maximum Gasteiger partial charge on any atom is 0.346 e. The minimum absolute atomic E-state index is 0.158. The van der Waals surface area contributed by atoms with Crippen molar-refractivity contribution in [1.82, 2.24) is 9.47 Å². The molecule has 2 aromatic carbocycles. The van der Waals surface area contributed by atoms with E-state index in [-0.39, 0.29) is 6.03 Å². The number of thiazole rings is 1. The number of carbonyl (C=O) groups excluding carboxylic acids is 1. The van der Waals surface area contributed by atoms with Crippen molar-refractivity contribution >= 4 is 40.6 Å². The minimum atomic E-state index is -0.158. The van der Waals surface area contributed by atoms with Crippen molar-refractivity contribution in [2.45, 2.75) is 12.8 Å². The number of nitrogens with zero attached hydrogens (tertiary/aromatic N) is 3. The highest BCUT2D eigenvalue weighted by molar-refractivity contribution is 7.07. The second kappa shape index (κ2) is 7.89. The molecule has 1 aliphatic heterocycles. The van der Waals surface area contributed by atoms with E-state index in [0.717, 1.165) is 42.7 Å². The molecular weight excluding hydrogens is 401 g/mol. The molecule has 138 valence electrons. The van der Waals surface area contributed by atoms with Crippen LogP contribution in [0.3, 0.4) is 0 Å². The van der Waals surface area contributed by atoms with Crippen LogP contribution in [0.1, 0.15) is 12.8 Å². The Morgan fingerprint density at radius 1 is 0.963 bits per heavy atom. The molecule has 27 heavy (non-hydrogen) atoms. The largest absolute Gasteiger partial charge is 0.346 e. The number of urea groups is 1. The summed E-state index contributed by atoms with van der Waals surface area (Å²) in [5, 5.41) is 3.14. The van der Waals surface area contributed by atoms with Crippen LogP contribution in [0.2, 0.25) is 10.0 Å². The van der Waals surface area contributed by atoms with Crippen molar-refractivity contribution in [3.05, 3.63) is 68.9 Å². The van der Waals surface area contributed by atoms with E-state index >= 15 is 0 Å². The highest BCUT2D eigenvalue weighted by Gasteiger charge is 2.17. The van der Waals surface area contributed by atoms with Crippen molar-refractivity contribution < 1.29 is 4.79 Å². The third kappa shape index (κ3) is 4.10. The summed E-state index contributed by atoms with van der Waals surface area (Å²) in [6, 6.07) is 13.3. The Balaban J connectivity index is 1.63. The van der Waals surface area contributed by atoms with Gasteiger partial charge in [-0.2, -0.15) is 4.99 Å². The average molecular weight is 418 g/mol. The molecule has 0 atom stereocenters. The molecule has 0 radical (unpaired) electrons. The van der Waals surface area contributed by atoms with Gasteiger partial charge in [0.05, 0.1) is 0 Å². The number of carbonyl (C=O) groups is 1. The topological polar surface area (TPSA) is 37.6 Å². The van der Waals surface area contributed by atoms with E-state index in [4.69, 9.17) is 23.2 Å². The normalized spacial score (nSPS) is 14.7. The summed E-state index contributed by atoms with van der Waals surface area (Å²) >= 11 is 13.7. The van der Waals surface area contributed by atoms with Crippen molar-refractivity contribution in [1.29, 1.82) is 0 Å². The van der Waals surface area contributed by atoms with Crippen LogP contribution < -0.4 is 4.80 Å². The number of halogens is 2. The first-order valence-corrected chi connectivity index (χ1v) is 10.3. The first-order chi connectivity index (χ1) is 13.1. The van der Waals surface area contributed by atoms with E-state index in [1.807, 2.05) is 52.5 Å². The van der Waals surface area contributed by atoms with Gasteiger partial charge in [-0.15, -0.1) is 11.3 Å². The molecule has 0 unspecified atom stereocenters. The molecule has 1 aliphatic rings. The summed E-state index contributed by atoms with van der Waals surface area (Å²) in [6.45, 7) is 1.59. The highest BCUT2D eigenvalue weighted by atomic mass is 35.5. The number of rotatable bonds is 2. The Morgan fingerprint density at radius 3 is 2.30 bits per heavy atom. The standard InChI is InChI=1S/C20H17Cl2N3OS/c21-16-11-15(12-17(22)13-16)14-3-5-18(6-4-14)25-9-10-27-20(25)23-19(26)24-7-1-2-8-24/h3-6,9-13H,1-2,7-8H2. The predicted molar refractivity (Wildman–Crippen MR) is 111 cm³/mol. The summed E-state index contributed by atoms with van der Waals surface area (Å²) < 4.78 is 1.92. The van der Waals surface area contributed by atoms with Crippen LogP contribution in [0.25, 0.3) is 16.8 Å². The van der Waals surface area contributed by atoms with Crippen LogP contribution in [0.15, 0.2) is 59.0 Å². The van der Waals surface area contributed by atoms with Gasteiger partial charge < -0.3 is 4.90 Å². The molecule has 0 N–H and O–H groups in total. The fourth-order valence-corrected chi connectivity index (χ4v) is 4.39. The van der Waals surface area contributed by atoms with Crippen molar-refractivity contribution in [3.8, 4) is 16.8 Å². The van der Waals surface area contributed by atoms with E-state index in [2.05, 4.69) is 4.99 Å². The number of amides is 2. The molecule has 0 aliphatic carbocycles. The Bertz CT molecular complexity index is 1010. The second-order valence-electron chi connectivity index (χ2n) is 6.35. The van der Waals surface area contributed by atoms with Crippen LogP contribution in [-0.4, -0.2) is 28.6 Å². The molecule has 0 saturated carbocycles. The molecular formula is C20H17Cl2N3OS. The molecule has 1 fully saturated rings. The molecule has 7 heteroatoms. The molecule has 0 spiro atoms. The fraction of sp³-hybridized carbons (Fsp3) is 0.200. The predicted octanol–water partition coefficient (Wildman–Crippen LogP) is 5.63. The molecule has 2 amide bonds. The Hall–Kier alpha value is -2.08. The molecule has 1 aromatic heterocycles. The first kappa shape index (κ1) is 18.3. The molecule has 4 nitrogen and oxygen atoms in total. The van der Waals surface area contributed by atoms with E-state index in [1.54, 1.807) is 11.0 Å². The SMILES string of the molecule is O=C(N=c1sccn1-c1ccc(-c2cc(Cl)cc(Cl)c2)cc1)N1CCCC1. The average Bonchev–Trinajstić information content (AvgIpc) is 3.33. The summed E-state index contributed by atoms with van der Waals surface area (Å²) in [6.07, 6.45) is 4.04. The van der Waals surface area contributed by atoms with Gasteiger partial charge in [-0.05, 0) is 54.3 Å². The lowest BCUT2D eigenvalue weighted by molar-refractivity contribution is 0.218. The minimum Gasteiger partial charge on any atom is -0.323 e. The van der Waals surface area contributed by atoms with Gasteiger partial charge in [0.15, 0.2) is 4.80 Å². The monoisotopic (exact) mass is 417 g/mol. The number of benzene rings is 2. The van der Waals surface area contributed by atoms with Crippen molar-refractivity contribution in [2.75, 3.05) is 13.1 Å². The van der Waals surface area contributed by atoms with Gasteiger partial charge in [-0.3, -0.25) is 4.57 Å². The number of hydrogen-bond donors (Lipinski definition) is 0. The Labute approximate surface area is 171 Å². The van der Waals surface area contributed by atoms with Gasteiger partial charge >= 0.3 is 6.03 Å². The zero-order valence-electron chi connectivity index (χ0n) is 14.4. The zero-order valence-corrected chi connectivity index (χ0v) is 16.8. The van der Waals surface area contributed by atoms with Crippen LogP contribution in [0.5, 0.6) is 0 Å². The zero-order chi connectivity index (χ0) is 18.8. The van der Waals surface area contributed by atoms with Crippen LogP contribution in [-0.2, 0) is 0 Å². The summed E-state index contributed by atoms with van der Waals surface area (Å²) in [7, 11) is 0. The maximum atomic E-state index is 12.3. The molecule has 0 bridgehead atoms. The lowest BCUT2D eigenvalue weighted by Crippen LogP contribution is -2.27. The quantitative estimate of drug-likeness (QED) is 0.532. The third-order valence-corrected chi connectivity index (χ3v) is 5.69. The van der Waals surface area contributed by atoms with Crippen LogP contribution >= 0.6 is 34.5 Å². The van der Waals surface area contributed by atoms with Crippen molar-refractivity contribution in [2.24, 2.45) is 4.99 Å². The molecule has 1 saturated heterocycles. The Kier molecular flexibility index (Phi) is 5.34. The second-order valence-corrected chi connectivity index (χ2v) is 8.09. The number of likely N-dealkylation sites (tertiary alicyclic amines) is 1. The van der Waals surface area contributed by atoms with E-state index in [1.165, 1.54) is 11.3 Å².